The van der Waals surface area contributed by atoms with Crippen molar-refractivity contribution in [2.75, 3.05) is 4.90 Å². The number of nitrogens with zero attached hydrogens (tertiary/aromatic N) is 1. The van der Waals surface area contributed by atoms with Crippen molar-refractivity contribution in [3.8, 4) is 22.6 Å². The first-order chi connectivity index (χ1) is 20.1. The van der Waals surface area contributed by atoms with Gasteiger partial charge in [0, 0.05) is 17.1 Å². The van der Waals surface area contributed by atoms with Crippen molar-refractivity contribution in [3.05, 3.63) is 174 Å². The van der Waals surface area contributed by atoms with Crippen LogP contribution in [0.4, 0.5) is 17.1 Å². The van der Waals surface area contributed by atoms with Gasteiger partial charge in [-0.3, -0.25) is 0 Å². The SMILES string of the molecule is Oc1ccc(C(=Cc2ccc(-c3ccc(N(c4ccccc4)c4ccccc4)cc3)cc2)c2ccc(O)cc2)cc1. The van der Waals surface area contributed by atoms with Gasteiger partial charge in [-0.1, -0.05) is 97.1 Å². The normalized spacial score (nSPS) is 10.6. The van der Waals surface area contributed by atoms with E-state index in [0.717, 1.165) is 50.5 Å². The van der Waals surface area contributed by atoms with Gasteiger partial charge in [-0.15, -0.1) is 0 Å². The minimum Gasteiger partial charge on any atom is -0.508 e. The molecule has 0 heterocycles. The molecule has 6 aromatic rings. The van der Waals surface area contributed by atoms with Crippen molar-refractivity contribution in [2.45, 2.75) is 0 Å². The monoisotopic (exact) mass is 531 g/mol. The van der Waals surface area contributed by atoms with Crippen LogP contribution in [0.1, 0.15) is 16.7 Å². The smallest absolute Gasteiger partial charge is 0.115 e. The Bertz CT molecular complexity index is 1650. The second kappa shape index (κ2) is 11.7. The lowest BCUT2D eigenvalue weighted by Crippen LogP contribution is -2.09. The lowest BCUT2D eigenvalue weighted by Gasteiger charge is -2.25. The Balaban J connectivity index is 1.30. The highest BCUT2D eigenvalue weighted by molar-refractivity contribution is 5.92. The summed E-state index contributed by atoms with van der Waals surface area (Å²) in [5.41, 5.74) is 9.62. The topological polar surface area (TPSA) is 43.7 Å². The molecule has 198 valence electrons. The van der Waals surface area contributed by atoms with Crippen LogP contribution in [0.5, 0.6) is 11.5 Å². The summed E-state index contributed by atoms with van der Waals surface area (Å²) in [5.74, 6) is 0.453. The summed E-state index contributed by atoms with van der Waals surface area (Å²) < 4.78 is 0. The van der Waals surface area contributed by atoms with Crippen molar-refractivity contribution >= 4 is 28.7 Å². The summed E-state index contributed by atoms with van der Waals surface area (Å²) in [6, 6.07) is 52.3. The van der Waals surface area contributed by atoms with Crippen LogP contribution < -0.4 is 4.90 Å². The third kappa shape index (κ3) is 5.90. The van der Waals surface area contributed by atoms with Crippen LogP contribution in [-0.4, -0.2) is 10.2 Å². The fourth-order valence-electron chi connectivity index (χ4n) is 4.96. The standard InChI is InChI=1S/C38H29NO2/c40-36-23-17-31(18-24-36)38(32-19-25-37(41)26-20-32)27-28-11-13-29(14-12-28)30-15-21-35(22-16-30)39(33-7-3-1-4-8-33)34-9-5-2-6-10-34/h1-27,40-41H. The summed E-state index contributed by atoms with van der Waals surface area (Å²) >= 11 is 0. The quantitative estimate of drug-likeness (QED) is 0.202. The molecule has 0 aromatic heterocycles. The Morgan fingerprint density at radius 1 is 0.415 bits per heavy atom. The molecule has 0 aliphatic heterocycles. The summed E-state index contributed by atoms with van der Waals surface area (Å²) in [4.78, 5) is 2.26. The zero-order chi connectivity index (χ0) is 28.0. The van der Waals surface area contributed by atoms with Gasteiger partial charge in [0.1, 0.15) is 11.5 Å². The maximum Gasteiger partial charge on any atom is 0.115 e. The molecule has 0 saturated heterocycles. The van der Waals surface area contributed by atoms with Crippen molar-refractivity contribution in [3.63, 3.8) is 0 Å². The van der Waals surface area contributed by atoms with Gasteiger partial charge in [0.05, 0.1) is 0 Å². The van der Waals surface area contributed by atoms with Crippen LogP contribution in [0.3, 0.4) is 0 Å². The van der Waals surface area contributed by atoms with Crippen LogP contribution in [0.2, 0.25) is 0 Å². The summed E-state index contributed by atoms with van der Waals surface area (Å²) in [5, 5.41) is 19.6. The number of phenols is 2. The van der Waals surface area contributed by atoms with Crippen LogP contribution in [0.15, 0.2) is 158 Å². The van der Waals surface area contributed by atoms with Crippen LogP contribution in [-0.2, 0) is 0 Å². The molecule has 0 radical (unpaired) electrons. The van der Waals surface area contributed by atoms with Crippen molar-refractivity contribution in [1.29, 1.82) is 0 Å². The van der Waals surface area contributed by atoms with Crippen LogP contribution in [0, 0.1) is 0 Å². The van der Waals surface area contributed by atoms with Crippen molar-refractivity contribution in [2.24, 2.45) is 0 Å². The maximum absolute atomic E-state index is 9.78. The summed E-state index contributed by atoms with van der Waals surface area (Å²) in [6.07, 6.45) is 2.13. The average molecular weight is 532 g/mol. The molecular formula is C38H29NO2. The molecule has 41 heavy (non-hydrogen) atoms. The molecule has 0 spiro atoms. The van der Waals surface area contributed by atoms with E-state index in [1.807, 2.05) is 36.4 Å². The highest BCUT2D eigenvalue weighted by Crippen LogP contribution is 2.35. The van der Waals surface area contributed by atoms with Gasteiger partial charge in [0.25, 0.3) is 0 Å². The van der Waals surface area contributed by atoms with E-state index in [4.69, 9.17) is 0 Å². The van der Waals surface area contributed by atoms with E-state index in [1.165, 1.54) is 0 Å². The molecule has 0 fully saturated rings. The molecule has 0 aliphatic carbocycles. The largest absolute Gasteiger partial charge is 0.508 e. The first kappa shape index (κ1) is 25.7. The van der Waals surface area contributed by atoms with Gasteiger partial charge in [-0.25, -0.2) is 0 Å². The molecule has 6 rings (SSSR count). The Morgan fingerprint density at radius 3 is 1.24 bits per heavy atom. The Hall–Kier alpha value is -5.54. The van der Waals surface area contributed by atoms with Crippen molar-refractivity contribution in [1.82, 2.24) is 0 Å². The second-order valence-corrected chi connectivity index (χ2v) is 9.83. The van der Waals surface area contributed by atoms with Gasteiger partial charge in [-0.05, 0) is 100 Å². The molecule has 2 N–H and O–H groups in total. The predicted octanol–water partition coefficient (Wildman–Crippen LogP) is 9.82. The third-order valence-electron chi connectivity index (χ3n) is 7.07. The first-order valence-corrected chi connectivity index (χ1v) is 13.6. The molecule has 0 aliphatic rings. The van der Waals surface area contributed by atoms with E-state index in [2.05, 4.69) is 108 Å². The number of rotatable bonds is 7. The number of hydrogen-bond acceptors (Lipinski definition) is 3. The summed E-state index contributed by atoms with van der Waals surface area (Å²) in [6.45, 7) is 0. The zero-order valence-corrected chi connectivity index (χ0v) is 22.4. The molecule has 0 unspecified atom stereocenters. The molecule has 6 aromatic carbocycles. The fraction of sp³-hybridized carbons (Fsp3) is 0. The first-order valence-electron chi connectivity index (χ1n) is 13.6. The number of para-hydroxylation sites is 2. The third-order valence-corrected chi connectivity index (χ3v) is 7.07. The Morgan fingerprint density at radius 2 is 0.805 bits per heavy atom. The molecule has 0 amide bonds. The van der Waals surface area contributed by atoms with E-state index in [0.29, 0.717) is 0 Å². The van der Waals surface area contributed by atoms with Crippen LogP contribution >= 0.6 is 0 Å². The van der Waals surface area contributed by atoms with E-state index in [1.54, 1.807) is 24.3 Å². The van der Waals surface area contributed by atoms with Gasteiger partial charge in [0.15, 0.2) is 0 Å². The lowest BCUT2D eigenvalue weighted by molar-refractivity contribution is 0.475. The number of aromatic hydroxyl groups is 2. The van der Waals surface area contributed by atoms with Gasteiger partial charge < -0.3 is 15.1 Å². The zero-order valence-electron chi connectivity index (χ0n) is 22.4. The lowest BCUT2D eigenvalue weighted by atomic mass is 9.95. The molecule has 0 bridgehead atoms. The minimum atomic E-state index is 0.227. The number of benzene rings is 6. The van der Waals surface area contributed by atoms with Gasteiger partial charge >= 0.3 is 0 Å². The highest BCUT2D eigenvalue weighted by atomic mass is 16.3. The maximum atomic E-state index is 9.78. The van der Waals surface area contributed by atoms with Crippen LogP contribution in [0.25, 0.3) is 22.8 Å². The minimum absolute atomic E-state index is 0.227. The molecular weight excluding hydrogens is 502 g/mol. The van der Waals surface area contributed by atoms with Crippen molar-refractivity contribution < 1.29 is 10.2 Å². The summed E-state index contributed by atoms with van der Waals surface area (Å²) in [7, 11) is 0. The molecule has 3 heteroatoms. The number of hydrogen-bond donors (Lipinski definition) is 2. The molecule has 0 atom stereocenters. The fourth-order valence-corrected chi connectivity index (χ4v) is 4.96. The number of phenolic OH excluding ortho intramolecular Hbond substituents is 2. The van der Waals surface area contributed by atoms with Gasteiger partial charge in [0.2, 0.25) is 0 Å². The number of anilines is 3. The average Bonchev–Trinajstić information content (AvgIpc) is 3.03. The second-order valence-electron chi connectivity index (χ2n) is 9.83. The highest BCUT2D eigenvalue weighted by Gasteiger charge is 2.12. The molecule has 3 nitrogen and oxygen atoms in total. The predicted molar refractivity (Wildman–Crippen MR) is 170 cm³/mol. The van der Waals surface area contributed by atoms with Gasteiger partial charge in [-0.2, -0.15) is 0 Å². The molecule has 0 saturated carbocycles. The Kier molecular flexibility index (Phi) is 7.33. The van der Waals surface area contributed by atoms with E-state index < -0.39 is 0 Å². The van der Waals surface area contributed by atoms with E-state index in [9.17, 15) is 10.2 Å². The van der Waals surface area contributed by atoms with E-state index >= 15 is 0 Å². The Labute approximate surface area is 240 Å². The van der Waals surface area contributed by atoms with E-state index in [-0.39, 0.29) is 11.5 Å².